The fraction of sp³-hybridized carbons (Fsp3) is 0.154. The molecule has 4 heteroatoms. The van der Waals surface area contributed by atoms with Gasteiger partial charge in [0.25, 0.3) is 0 Å². The standard InChI is InChI=1S/C13H12N4/c1-2-7-14-11(3-1)5-4-10-6-8-15-13-12(10)16-9-17-13/h1-3,6-9H,4-5H2,(H,15,16,17). The molecule has 0 saturated heterocycles. The van der Waals surface area contributed by atoms with Crippen LogP contribution in [-0.4, -0.2) is 19.9 Å². The summed E-state index contributed by atoms with van der Waals surface area (Å²) in [6.45, 7) is 0. The number of hydrogen-bond donors (Lipinski definition) is 1. The van der Waals surface area contributed by atoms with Crippen molar-refractivity contribution in [3.05, 3.63) is 54.2 Å². The highest BCUT2D eigenvalue weighted by Crippen LogP contribution is 2.14. The minimum absolute atomic E-state index is 0.781. The minimum Gasteiger partial charge on any atom is -0.343 e. The summed E-state index contributed by atoms with van der Waals surface area (Å²) in [7, 11) is 0. The number of rotatable bonds is 3. The van der Waals surface area contributed by atoms with E-state index in [2.05, 4.69) is 19.9 Å². The summed E-state index contributed by atoms with van der Waals surface area (Å²) in [4.78, 5) is 15.8. The van der Waals surface area contributed by atoms with Gasteiger partial charge < -0.3 is 4.98 Å². The van der Waals surface area contributed by atoms with Crippen molar-refractivity contribution in [2.24, 2.45) is 0 Å². The first-order valence-corrected chi connectivity index (χ1v) is 5.60. The molecule has 0 unspecified atom stereocenters. The maximum absolute atomic E-state index is 4.32. The second-order valence-corrected chi connectivity index (χ2v) is 3.89. The predicted molar refractivity (Wildman–Crippen MR) is 65.5 cm³/mol. The Bertz CT molecular complexity index is 615. The quantitative estimate of drug-likeness (QED) is 0.741. The number of aryl methyl sites for hydroxylation is 2. The van der Waals surface area contributed by atoms with E-state index >= 15 is 0 Å². The van der Waals surface area contributed by atoms with Crippen LogP contribution in [0.5, 0.6) is 0 Å². The van der Waals surface area contributed by atoms with Crippen molar-refractivity contribution < 1.29 is 0 Å². The molecule has 17 heavy (non-hydrogen) atoms. The topological polar surface area (TPSA) is 54.5 Å². The summed E-state index contributed by atoms with van der Waals surface area (Å²) >= 11 is 0. The van der Waals surface area contributed by atoms with Crippen molar-refractivity contribution in [3.8, 4) is 0 Å². The summed E-state index contributed by atoms with van der Waals surface area (Å²) < 4.78 is 0. The highest BCUT2D eigenvalue weighted by atomic mass is 14.9. The first-order chi connectivity index (χ1) is 8.43. The first-order valence-electron chi connectivity index (χ1n) is 5.60. The van der Waals surface area contributed by atoms with Gasteiger partial charge in [0.2, 0.25) is 0 Å². The van der Waals surface area contributed by atoms with Crippen LogP contribution in [0.15, 0.2) is 43.0 Å². The molecule has 1 N–H and O–H groups in total. The molecule has 84 valence electrons. The lowest BCUT2D eigenvalue weighted by Crippen LogP contribution is -1.95. The molecule has 0 radical (unpaired) electrons. The third kappa shape index (κ3) is 2.01. The number of aromatic amines is 1. The Morgan fingerprint density at radius 2 is 1.94 bits per heavy atom. The SMILES string of the molecule is c1ccc(CCc2ccnc3nc[nH]c23)nc1. The third-order valence-corrected chi connectivity index (χ3v) is 2.79. The molecule has 3 heterocycles. The number of aromatic nitrogens is 4. The van der Waals surface area contributed by atoms with Crippen LogP contribution in [0.3, 0.4) is 0 Å². The maximum Gasteiger partial charge on any atom is 0.177 e. The highest BCUT2D eigenvalue weighted by Gasteiger charge is 2.04. The van der Waals surface area contributed by atoms with Gasteiger partial charge in [0.05, 0.1) is 11.8 Å². The van der Waals surface area contributed by atoms with Crippen LogP contribution in [0.2, 0.25) is 0 Å². The average molecular weight is 224 g/mol. The Balaban J connectivity index is 1.84. The molecule has 3 aromatic rings. The lowest BCUT2D eigenvalue weighted by molar-refractivity contribution is 0.916. The van der Waals surface area contributed by atoms with Crippen LogP contribution >= 0.6 is 0 Å². The van der Waals surface area contributed by atoms with Crippen LogP contribution < -0.4 is 0 Å². The number of hydrogen-bond acceptors (Lipinski definition) is 3. The van der Waals surface area contributed by atoms with E-state index < -0.39 is 0 Å². The lowest BCUT2D eigenvalue weighted by atomic mass is 10.1. The summed E-state index contributed by atoms with van der Waals surface area (Å²) in [5.41, 5.74) is 4.15. The van der Waals surface area contributed by atoms with E-state index in [0.29, 0.717) is 0 Å². The van der Waals surface area contributed by atoms with Crippen LogP contribution in [0, 0.1) is 0 Å². The number of nitrogens with one attached hydrogen (secondary N) is 1. The van der Waals surface area contributed by atoms with Crippen molar-refractivity contribution in [2.45, 2.75) is 12.8 Å². The molecule has 0 aliphatic rings. The zero-order chi connectivity index (χ0) is 11.5. The van der Waals surface area contributed by atoms with E-state index in [1.54, 1.807) is 12.5 Å². The third-order valence-electron chi connectivity index (χ3n) is 2.79. The van der Waals surface area contributed by atoms with Gasteiger partial charge in [-0.25, -0.2) is 9.97 Å². The van der Waals surface area contributed by atoms with Gasteiger partial charge in [0.1, 0.15) is 0 Å². The Morgan fingerprint density at radius 3 is 2.82 bits per heavy atom. The maximum atomic E-state index is 4.32. The summed E-state index contributed by atoms with van der Waals surface area (Å²) in [5, 5.41) is 0. The number of pyridine rings is 2. The van der Waals surface area contributed by atoms with Crippen molar-refractivity contribution in [1.29, 1.82) is 0 Å². The van der Waals surface area contributed by atoms with Gasteiger partial charge in [0, 0.05) is 18.1 Å². The monoisotopic (exact) mass is 224 g/mol. The smallest absolute Gasteiger partial charge is 0.177 e. The van der Waals surface area contributed by atoms with Crippen LogP contribution in [0.25, 0.3) is 11.2 Å². The molecular formula is C13H12N4. The second-order valence-electron chi connectivity index (χ2n) is 3.89. The van der Waals surface area contributed by atoms with Crippen LogP contribution in [0.1, 0.15) is 11.3 Å². The average Bonchev–Trinajstić information content (AvgIpc) is 2.86. The summed E-state index contributed by atoms with van der Waals surface area (Å²) in [5.74, 6) is 0. The zero-order valence-corrected chi connectivity index (χ0v) is 9.30. The van der Waals surface area contributed by atoms with Crippen molar-refractivity contribution in [3.63, 3.8) is 0 Å². The molecule has 0 saturated carbocycles. The Hall–Kier alpha value is -2.23. The number of H-pyrrole nitrogens is 1. The molecule has 0 atom stereocenters. The van der Waals surface area contributed by atoms with Gasteiger partial charge in [-0.15, -0.1) is 0 Å². The van der Waals surface area contributed by atoms with Gasteiger partial charge in [-0.3, -0.25) is 4.98 Å². The minimum atomic E-state index is 0.781. The van der Waals surface area contributed by atoms with E-state index in [1.807, 2.05) is 30.5 Å². The first kappa shape index (κ1) is 9.96. The molecule has 0 aliphatic heterocycles. The van der Waals surface area contributed by atoms with Crippen molar-refractivity contribution >= 4 is 11.2 Å². The molecule has 3 rings (SSSR count). The van der Waals surface area contributed by atoms with Crippen LogP contribution in [0.4, 0.5) is 0 Å². The Morgan fingerprint density at radius 1 is 0.941 bits per heavy atom. The van der Waals surface area contributed by atoms with E-state index in [1.165, 1.54) is 5.56 Å². The Labute approximate surface area is 98.8 Å². The van der Waals surface area contributed by atoms with Crippen molar-refractivity contribution in [2.75, 3.05) is 0 Å². The van der Waals surface area contributed by atoms with E-state index in [4.69, 9.17) is 0 Å². The number of nitrogens with zero attached hydrogens (tertiary/aromatic N) is 3. The van der Waals surface area contributed by atoms with Gasteiger partial charge >= 0.3 is 0 Å². The van der Waals surface area contributed by atoms with Gasteiger partial charge in [0.15, 0.2) is 5.65 Å². The normalized spacial score (nSPS) is 10.8. The van der Waals surface area contributed by atoms with Gasteiger partial charge in [-0.1, -0.05) is 6.07 Å². The molecule has 0 spiro atoms. The van der Waals surface area contributed by atoms with E-state index in [-0.39, 0.29) is 0 Å². The fourth-order valence-corrected chi connectivity index (χ4v) is 1.92. The molecule has 0 fully saturated rings. The molecule has 0 amide bonds. The number of imidazole rings is 1. The van der Waals surface area contributed by atoms with E-state index in [9.17, 15) is 0 Å². The molecule has 0 bridgehead atoms. The van der Waals surface area contributed by atoms with Gasteiger partial charge in [-0.2, -0.15) is 0 Å². The van der Waals surface area contributed by atoms with Gasteiger partial charge in [-0.05, 0) is 36.6 Å². The molecule has 4 nitrogen and oxygen atoms in total. The largest absolute Gasteiger partial charge is 0.343 e. The van der Waals surface area contributed by atoms with Crippen LogP contribution in [-0.2, 0) is 12.8 Å². The highest BCUT2D eigenvalue weighted by molar-refractivity contribution is 5.73. The zero-order valence-electron chi connectivity index (χ0n) is 9.30. The van der Waals surface area contributed by atoms with E-state index in [0.717, 1.165) is 29.7 Å². The molecule has 3 aromatic heterocycles. The molecule has 0 aromatic carbocycles. The summed E-state index contributed by atoms with van der Waals surface area (Å²) in [6.07, 6.45) is 7.18. The predicted octanol–water partition coefficient (Wildman–Crippen LogP) is 2.14. The number of fused-ring (bicyclic) bond motifs is 1. The lowest BCUT2D eigenvalue weighted by Gasteiger charge is -2.02. The summed E-state index contributed by atoms with van der Waals surface area (Å²) in [6, 6.07) is 8.03. The second kappa shape index (κ2) is 4.33. The van der Waals surface area contributed by atoms with Crippen molar-refractivity contribution in [1.82, 2.24) is 19.9 Å². The molecular weight excluding hydrogens is 212 g/mol. The Kier molecular flexibility index (Phi) is 2.54. The fourth-order valence-electron chi connectivity index (χ4n) is 1.92. The molecule has 0 aliphatic carbocycles.